The van der Waals surface area contributed by atoms with E-state index in [1.807, 2.05) is 24.3 Å². The summed E-state index contributed by atoms with van der Waals surface area (Å²) < 4.78 is 10.6. The average Bonchev–Trinajstić information content (AvgIpc) is 2.45. The van der Waals surface area contributed by atoms with Crippen LogP contribution < -0.4 is 15.8 Å². The smallest absolute Gasteiger partial charge is 0.188 e. The number of nitrogens with two attached hydrogens (primary N) is 1. The highest BCUT2D eigenvalue weighted by atomic mass is 127. The van der Waals surface area contributed by atoms with Crippen LogP contribution in [0.15, 0.2) is 29.3 Å². The second-order valence-electron chi connectivity index (χ2n) is 4.09. The van der Waals surface area contributed by atoms with Crippen molar-refractivity contribution < 1.29 is 9.47 Å². The van der Waals surface area contributed by atoms with Crippen LogP contribution in [-0.2, 0) is 11.3 Å². The van der Waals surface area contributed by atoms with E-state index in [2.05, 4.69) is 17.2 Å². The minimum atomic E-state index is 0. The fourth-order valence-corrected chi connectivity index (χ4v) is 1.45. The molecule has 0 amide bonds. The van der Waals surface area contributed by atoms with Gasteiger partial charge >= 0.3 is 0 Å². The molecule has 0 radical (unpaired) electrons. The Labute approximate surface area is 138 Å². The lowest BCUT2D eigenvalue weighted by molar-refractivity contribution is 0.125. The summed E-state index contributed by atoms with van der Waals surface area (Å²) in [6, 6.07) is 7.82. The third-order valence-corrected chi connectivity index (χ3v) is 2.49. The Bertz CT molecular complexity index is 383. The van der Waals surface area contributed by atoms with Crippen LogP contribution in [0.5, 0.6) is 5.75 Å². The van der Waals surface area contributed by atoms with Crippen LogP contribution in [0.2, 0.25) is 0 Å². The summed E-state index contributed by atoms with van der Waals surface area (Å²) in [7, 11) is 1.65. The van der Waals surface area contributed by atoms with Crippen molar-refractivity contribution in [2.45, 2.75) is 20.0 Å². The van der Waals surface area contributed by atoms with Crippen molar-refractivity contribution in [2.75, 3.05) is 26.8 Å². The summed E-state index contributed by atoms with van der Waals surface area (Å²) in [5.41, 5.74) is 6.77. The molecule has 20 heavy (non-hydrogen) atoms. The highest BCUT2D eigenvalue weighted by molar-refractivity contribution is 14.0. The molecular formula is C14H24IN3O2. The standard InChI is InChI=1S/C14H23N3O2.HI/c1-3-8-16-14(15)17-9-10-19-11-12-4-6-13(18-2)7-5-12;/h4-7H,3,8-11H2,1-2H3,(H3,15,16,17);1H. The molecule has 0 aliphatic rings. The van der Waals surface area contributed by atoms with Crippen molar-refractivity contribution in [3.63, 3.8) is 0 Å². The van der Waals surface area contributed by atoms with E-state index in [1.165, 1.54) is 0 Å². The number of benzene rings is 1. The van der Waals surface area contributed by atoms with Crippen molar-refractivity contribution in [1.29, 1.82) is 0 Å². The summed E-state index contributed by atoms with van der Waals surface area (Å²) in [5.74, 6) is 1.33. The SMILES string of the molecule is CCCN=C(N)NCCOCc1ccc(OC)cc1.I. The van der Waals surface area contributed by atoms with Gasteiger partial charge in [-0.1, -0.05) is 19.1 Å². The Morgan fingerprint density at radius 3 is 2.60 bits per heavy atom. The zero-order valence-corrected chi connectivity index (χ0v) is 14.4. The summed E-state index contributed by atoms with van der Waals surface area (Å²) in [6.07, 6.45) is 0.996. The Kier molecular flexibility index (Phi) is 11.2. The normalized spacial score (nSPS) is 10.8. The van der Waals surface area contributed by atoms with Gasteiger partial charge in [0.25, 0.3) is 0 Å². The van der Waals surface area contributed by atoms with Gasteiger partial charge in [-0.05, 0) is 24.1 Å². The maximum absolute atomic E-state index is 5.65. The highest BCUT2D eigenvalue weighted by Crippen LogP contribution is 2.11. The van der Waals surface area contributed by atoms with Crippen LogP contribution in [0.25, 0.3) is 0 Å². The van der Waals surface area contributed by atoms with E-state index in [0.29, 0.717) is 25.7 Å². The molecule has 3 N–H and O–H groups in total. The molecule has 0 fully saturated rings. The largest absolute Gasteiger partial charge is 0.497 e. The first-order valence-corrected chi connectivity index (χ1v) is 6.50. The third kappa shape index (κ3) is 8.21. The van der Waals surface area contributed by atoms with Crippen molar-refractivity contribution in [3.8, 4) is 5.75 Å². The lowest BCUT2D eigenvalue weighted by Crippen LogP contribution is -2.34. The van der Waals surface area contributed by atoms with Gasteiger partial charge in [-0.15, -0.1) is 24.0 Å². The fourth-order valence-electron chi connectivity index (χ4n) is 1.45. The summed E-state index contributed by atoms with van der Waals surface area (Å²) in [5, 5.41) is 3.00. The molecule has 0 aromatic heterocycles. The summed E-state index contributed by atoms with van der Waals surface area (Å²) in [6.45, 7) is 4.65. The molecule has 114 valence electrons. The van der Waals surface area contributed by atoms with Crippen LogP contribution in [0.1, 0.15) is 18.9 Å². The van der Waals surface area contributed by atoms with E-state index in [0.717, 1.165) is 24.3 Å². The molecule has 0 spiro atoms. The number of hydrogen-bond donors (Lipinski definition) is 2. The summed E-state index contributed by atoms with van der Waals surface area (Å²) >= 11 is 0. The Balaban J connectivity index is 0.00000361. The maximum Gasteiger partial charge on any atom is 0.188 e. The molecule has 0 unspecified atom stereocenters. The molecule has 0 aliphatic heterocycles. The number of ether oxygens (including phenoxy) is 2. The summed E-state index contributed by atoms with van der Waals surface area (Å²) in [4.78, 5) is 4.13. The molecule has 1 aromatic rings. The molecule has 0 aliphatic carbocycles. The van der Waals surface area contributed by atoms with E-state index in [1.54, 1.807) is 7.11 Å². The van der Waals surface area contributed by atoms with Crippen LogP contribution in [-0.4, -0.2) is 32.8 Å². The van der Waals surface area contributed by atoms with Crippen molar-refractivity contribution in [3.05, 3.63) is 29.8 Å². The minimum Gasteiger partial charge on any atom is -0.497 e. The second-order valence-corrected chi connectivity index (χ2v) is 4.09. The lowest BCUT2D eigenvalue weighted by atomic mass is 10.2. The van der Waals surface area contributed by atoms with Gasteiger partial charge in [-0.2, -0.15) is 0 Å². The zero-order valence-electron chi connectivity index (χ0n) is 12.1. The van der Waals surface area contributed by atoms with Gasteiger partial charge in [-0.3, -0.25) is 4.99 Å². The molecule has 6 heteroatoms. The van der Waals surface area contributed by atoms with Crippen LogP contribution >= 0.6 is 24.0 Å². The molecule has 1 aromatic carbocycles. The van der Waals surface area contributed by atoms with Crippen molar-refractivity contribution in [1.82, 2.24) is 5.32 Å². The number of hydrogen-bond acceptors (Lipinski definition) is 3. The van der Waals surface area contributed by atoms with E-state index < -0.39 is 0 Å². The van der Waals surface area contributed by atoms with E-state index in [4.69, 9.17) is 15.2 Å². The van der Waals surface area contributed by atoms with Crippen molar-refractivity contribution in [2.24, 2.45) is 10.7 Å². The number of methoxy groups -OCH3 is 1. The fraction of sp³-hybridized carbons (Fsp3) is 0.500. The van der Waals surface area contributed by atoms with Gasteiger partial charge in [0, 0.05) is 13.1 Å². The first-order valence-electron chi connectivity index (χ1n) is 6.50. The molecular weight excluding hydrogens is 369 g/mol. The van der Waals surface area contributed by atoms with E-state index >= 15 is 0 Å². The van der Waals surface area contributed by atoms with Gasteiger partial charge < -0.3 is 20.5 Å². The van der Waals surface area contributed by atoms with Gasteiger partial charge in [0.05, 0.1) is 20.3 Å². The molecule has 5 nitrogen and oxygen atoms in total. The molecule has 0 saturated heterocycles. The molecule has 0 atom stereocenters. The van der Waals surface area contributed by atoms with Gasteiger partial charge in [-0.25, -0.2) is 0 Å². The number of aliphatic imine (C=N–C) groups is 1. The Morgan fingerprint density at radius 1 is 1.30 bits per heavy atom. The van der Waals surface area contributed by atoms with E-state index in [-0.39, 0.29) is 24.0 Å². The van der Waals surface area contributed by atoms with E-state index in [9.17, 15) is 0 Å². The van der Waals surface area contributed by atoms with Crippen LogP contribution in [0, 0.1) is 0 Å². The van der Waals surface area contributed by atoms with Crippen LogP contribution in [0.3, 0.4) is 0 Å². The Morgan fingerprint density at radius 2 is 2.00 bits per heavy atom. The quantitative estimate of drug-likeness (QED) is 0.307. The monoisotopic (exact) mass is 393 g/mol. The van der Waals surface area contributed by atoms with Gasteiger partial charge in [0.1, 0.15) is 5.75 Å². The zero-order chi connectivity index (χ0) is 13.9. The highest BCUT2D eigenvalue weighted by Gasteiger charge is 1.95. The number of rotatable bonds is 8. The lowest BCUT2D eigenvalue weighted by Gasteiger charge is -2.07. The Hall–Kier alpha value is -1.02. The predicted octanol–water partition coefficient (Wildman–Crippen LogP) is 2.14. The first kappa shape index (κ1) is 19.0. The number of halogens is 1. The number of nitrogens with zero attached hydrogens (tertiary/aromatic N) is 1. The molecule has 1 rings (SSSR count). The predicted molar refractivity (Wildman–Crippen MR) is 92.8 cm³/mol. The third-order valence-electron chi connectivity index (χ3n) is 2.49. The molecule has 0 heterocycles. The van der Waals surface area contributed by atoms with Gasteiger partial charge in [0.2, 0.25) is 0 Å². The topological polar surface area (TPSA) is 68.9 Å². The average molecular weight is 393 g/mol. The van der Waals surface area contributed by atoms with Crippen molar-refractivity contribution >= 4 is 29.9 Å². The number of nitrogens with one attached hydrogen (secondary N) is 1. The maximum atomic E-state index is 5.65. The second kappa shape index (κ2) is 11.8. The molecule has 0 saturated carbocycles. The van der Waals surface area contributed by atoms with Gasteiger partial charge in [0.15, 0.2) is 5.96 Å². The first-order chi connectivity index (χ1) is 9.26. The van der Waals surface area contributed by atoms with Crippen LogP contribution in [0.4, 0.5) is 0 Å². The minimum absolute atomic E-state index is 0. The number of guanidine groups is 1. The molecule has 0 bridgehead atoms.